The van der Waals surface area contributed by atoms with Crippen molar-refractivity contribution in [3.8, 4) is 5.75 Å². The number of carbonyl (C=O) groups is 1. The lowest BCUT2D eigenvalue weighted by Crippen LogP contribution is -2.35. The first kappa shape index (κ1) is 23.0. The third-order valence-corrected chi connectivity index (χ3v) is 6.42. The number of alkyl halides is 3. The average Bonchev–Trinajstić information content (AvgIpc) is 3.19. The lowest BCUT2D eigenvalue weighted by molar-refractivity contribution is -0.173. The van der Waals surface area contributed by atoms with Crippen LogP contribution in [0.4, 0.5) is 24.7 Å². The second-order valence-electron chi connectivity index (χ2n) is 8.20. The highest BCUT2D eigenvalue weighted by Gasteiger charge is 2.47. The molecule has 5 rings (SSSR count). The van der Waals surface area contributed by atoms with Gasteiger partial charge in [-0.2, -0.15) is 18.3 Å². The second-order valence-corrected chi connectivity index (χ2v) is 8.58. The molecule has 0 bridgehead atoms. The fourth-order valence-corrected chi connectivity index (χ4v) is 4.57. The standard InChI is InChI=1S/C25H20ClF3N4O2/c1-35-16-11-9-15(10-12-16)19-13-20(25(27,28)29)33-23(30-19)21(26)22(32-33)24(34)31-18-8-4-6-14-5-2-3-7-17(14)18/h2-12,19-20,30H,13H2,1H3,(H,31,34)/t19-,20-/m1/s1. The number of nitrogens with zero attached hydrogens (tertiary/aromatic N) is 2. The number of carbonyl (C=O) groups excluding carboxylic acids is 1. The summed E-state index contributed by atoms with van der Waals surface area (Å²) in [6, 6.07) is 16.9. The number of amides is 1. The van der Waals surface area contributed by atoms with Crippen molar-refractivity contribution in [2.24, 2.45) is 0 Å². The molecule has 2 N–H and O–H groups in total. The highest BCUT2D eigenvalue weighted by atomic mass is 35.5. The van der Waals surface area contributed by atoms with Crippen molar-refractivity contribution < 1.29 is 22.7 Å². The van der Waals surface area contributed by atoms with Crippen molar-refractivity contribution in [2.75, 3.05) is 17.7 Å². The van der Waals surface area contributed by atoms with Crippen molar-refractivity contribution in [2.45, 2.75) is 24.7 Å². The Kier molecular flexibility index (Phi) is 5.80. The summed E-state index contributed by atoms with van der Waals surface area (Å²) in [5.41, 5.74) is 0.851. The van der Waals surface area contributed by atoms with E-state index < -0.39 is 24.2 Å². The first-order valence-corrected chi connectivity index (χ1v) is 11.2. The molecule has 0 unspecified atom stereocenters. The van der Waals surface area contributed by atoms with Crippen LogP contribution in [0, 0.1) is 0 Å². The summed E-state index contributed by atoms with van der Waals surface area (Å²) < 4.78 is 48.0. The maximum atomic E-state index is 14.0. The molecule has 2 heterocycles. The van der Waals surface area contributed by atoms with E-state index in [-0.39, 0.29) is 23.0 Å². The second kappa shape index (κ2) is 8.81. The minimum absolute atomic E-state index is 0.0517. The summed E-state index contributed by atoms with van der Waals surface area (Å²) >= 11 is 6.44. The first-order chi connectivity index (χ1) is 16.8. The van der Waals surface area contributed by atoms with Crippen LogP contribution in [-0.2, 0) is 0 Å². The third-order valence-electron chi connectivity index (χ3n) is 6.07. The van der Waals surface area contributed by atoms with Gasteiger partial charge >= 0.3 is 6.18 Å². The van der Waals surface area contributed by atoms with Gasteiger partial charge in [0.1, 0.15) is 16.6 Å². The maximum absolute atomic E-state index is 14.0. The summed E-state index contributed by atoms with van der Waals surface area (Å²) in [4.78, 5) is 13.1. The number of anilines is 2. The first-order valence-electron chi connectivity index (χ1n) is 10.8. The van der Waals surface area contributed by atoms with Crippen LogP contribution in [0.1, 0.15) is 34.6 Å². The molecule has 6 nitrogen and oxygen atoms in total. The van der Waals surface area contributed by atoms with Gasteiger partial charge in [0.15, 0.2) is 11.7 Å². The van der Waals surface area contributed by atoms with Crippen molar-refractivity contribution in [1.82, 2.24) is 9.78 Å². The van der Waals surface area contributed by atoms with E-state index in [4.69, 9.17) is 16.3 Å². The zero-order chi connectivity index (χ0) is 24.7. The fraction of sp³-hybridized carbons (Fsp3) is 0.200. The predicted molar refractivity (Wildman–Crippen MR) is 128 cm³/mol. The minimum atomic E-state index is -4.60. The fourth-order valence-electron chi connectivity index (χ4n) is 4.31. The molecule has 0 saturated carbocycles. The number of halogens is 4. The number of rotatable bonds is 4. The van der Waals surface area contributed by atoms with E-state index in [9.17, 15) is 18.0 Å². The summed E-state index contributed by atoms with van der Waals surface area (Å²) in [5.74, 6) is -0.159. The minimum Gasteiger partial charge on any atom is -0.497 e. The van der Waals surface area contributed by atoms with E-state index in [1.165, 1.54) is 7.11 Å². The molecule has 180 valence electrons. The van der Waals surface area contributed by atoms with Gasteiger partial charge in [0.25, 0.3) is 5.91 Å². The number of hydrogen-bond acceptors (Lipinski definition) is 4. The molecule has 1 aromatic heterocycles. The molecule has 10 heteroatoms. The quantitative estimate of drug-likeness (QED) is 0.331. The van der Waals surface area contributed by atoms with Gasteiger partial charge in [-0.25, -0.2) is 4.68 Å². The lowest BCUT2D eigenvalue weighted by atomic mass is 9.97. The molecule has 0 spiro atoms. The van der Waals surface area contributed by atoms with Gasteiger partial charge in [-0.05, 0) is 29.1 Å². The van der Waals surface area contributed by atoms with Crippen LogP contribution in [0.5, 0.6) is 5.75 Å². The van der Waals surface area contributed by atoms with Crippen molar-refractivity contribution in [1.29, 1.82) is 0 Å². The molecule has 3 aromatic carbocycles. The molecule has 1 amide bonds. The topological polar surface area (TPSA) is 68.2 Å². The van der Waals surface area contributed by atoms with Crippen LogP contribution >= 0.6 is 11.6 Å². The molecular formula is C25H20ClF3N4O2. The van der Waals surface area contributed by atoms with Crippen LogP contribution in [0.15, 0.2) is 66.7 Å². The van der Waals surface area contributed by atoms with Crippen LogP contribution in [0.3, 0.4) is 0 Å². The van der Waals surface area contributed by atoms with E-state index in [0.717, 1.165) is 15.5 Å². The van der Waals surface area contributed by atoms with Gasteiger partial charge in [0.05, 0.1) is 13.2 Å². The van der Waals surface area contributed by atoms with Gasteiger partial charge in [-0.15, -0.1) is 0 Å². The zero-order valence-corrected chi connectivity index (χ0v) is 19.2. The summed E-state index contributed by atoms with van der Waals surface area (Å²) in [7, 11) is 1.51. The number of fused-ring (bicyclic) bond motifs is 2. The zero-order valence-electron chi connectivity index (χ0n) is 18.4. The van der Waals surface area contributed by atoms with Gasteiger partial charge in [-0.3, -0.25) is 4.79 Å². The van der Waals surface area contributed by atoms with E-state index in [0.29, 0.717) is 17.0 Å². The van der Waals surface area contributed by atoms with E-state index in [1.807, 2.05) is 30.3 Å². The van der Waals surface area contributed by atoms with Crippen molar-refractivity contribution in [3.05, 3.63) is 83.0 Å². The highest BCUT2D eigenvalue weighted by Crippen LogP contribution is 2.46. The summed E-state index contributed by atoms with van der Waals surface area (Å²) in [5, 5.41) is 11.3. The molecule has 1 aliphatic heterocycles. The maximum Gasteiger partial charge on any atom is 0.410 e. The Morgan fingerprint density at radius 2 is 1.83 bits per heavy atom. The molecule has 4 aromatic rings. The average molecular weight is 501 g/mol. The van der Waals surface area contributed by atoms with Crippen molar-refractivity contribution >= 4 is 39.8 Å². The summed E-state index contributed by atoms with van der Waals surface area (Å²) in [6.45, 7) is 0. The number of nitrogens with one attached hydrogen (secondary N) is 2. The smallest absolute Gasteiger partial charge is 0.410 e. The van der Waals surface area contributed by atoms with Gasteiger partial charge in [-0.1, -0.05) is 60.1 Å². The Labute approximate surface area is 203 Å². The number of hydrogen-bond donors (Lipinski definition) is 2. The largest absolute Gasteiger partial charge is 0.497 e. The van der Waals surface area contributed by atoms with Gasteiger partial charge in [0, 0.05) is 17.5 Å². The Hall–Kier alpha value is -3.72. The summed E-state index contributed by atoms with van der Waals surface area (Å²) in [6.07, 6.45) is -4.91. The molecule has 0 saturated heterocycles. The van der Waals surface area contributed by atoms with E-state index in [2.05, 4.69) is 15.7 Å². The Morgan fingerprint density at radius 1 is 1.11 bits per heavy atom. The monoisotopic (exact) mass is 500 g/mol. The van der Waals surface area contributed by atoms with Crippen LogP contribution in [0.2, 0.25) is 5.02 Å². The number of benzene rings is 3. The molecule has 1 aliphatic rings. The van der Waals surface area contributed by atoms with E-state index >= 15 is 0 Å². The molecule has 2 atom stereocenters. The van der Waals surface area contributed by atoms with Crippen LogP contribution in [0.25, 0.3) is 10.8 Å². The predicted octanol–water partition coefficient (Wildman–Crippen LogP) is 6.61. The van der Waals surface area contributed by atoms with Crippen LogP contribution in [-0.4, -0.2) is 29.0 Å². The molecule has 0 fully saturated rings. The lowest BCUT2D eigenvalue weighted by Gasteiger charge is -2.33. The Balaban J connectivity index is 1.50. The Morgan fingerprint density at radius 3 is 2.54 bits per heavy atom. The van der Waals surface area contributed by atoms with Crippen molar-refractivity contribution in [3.63, 3.8) is 0 Å². The highest BCUT2D eigenvalue weighted by molar-refractivity contribution is 6.36. The number of ether oxygens (including phenoxy) is 1. The van der Waals surface area contributed by atoms with E-state index in [1.54, 1.807) is 36.4 Å². The Bertz CT molecular complexity index is 1400. The van der Waals surface area contributed by atoms with Gasteiger partial charge < -0.3 is 15.4 Å². The number of methoxy groups -OCH3 is 1. The molecule has 0 radical (unpaired) electrons. The number of aromatic nitrogens is 2. The molecule has 35 heavy (non-hydrogen) atoms. The normalized spacial score (nSPS) is 17.5. The third kappa shape index (κ3) is 4.27. The molecular weight excluding hydrogens is 481 g/mol. The molecule has 0 aliphatic carbocycles. The van der Waals surface area contributed by atoms with Crippen LogP contribution < -0.4 is 15.4 Å². The SMILES string of the molecule is COc1ccc([C@H]2C[C@H](C(F)(F)F)n3nc(C(=O)Nc4cccc5ccccc45)c(Cl)c3N2)cc1. The van der Waals surface area contributed by atoms with Gasteiger partial charge in [0.2, 0.25) is 0 Å².